The van der Waals surface area contributed by atoms with Gasteiger partial charge in [-0.05, 0) is 30.2 Å². The van der Waals surface area contributed by atoms with Crippen molar-refractivity contribution in [2.45, 2.75) is 56.7 Å². The number of anilines is 1. The highest BCUT2D eigenvalue weighted by molar-refractivity contribution is 8.29. The van der Waals surface area contributed by atoms with E-state index in [-0.39, 0.29) is 17.0 Å². The summed E-state index contributed by atoms with van der Waals surface area (Å²) in [6.07, 6.45) is 5.74. The molecule has 1 saturated heterocycles. The maximum atomic E-state index is 6.56. The summed E-state index contributed by atoms with van der Waals surface area (Å²) < 4.78 is 12.9. The van der Waals surface area contributed by atoms with Crippen LogP contribution in [0.1, 0.15) is 44.4 Å². The van der Waals surface area contributed by atoms with Crippen molar-refractivity contribution in [2.75, 3.05) is 24.4 Å². The molecule has 0 aliphatic carbocycles. The Morgan fingerprint density at radius 3 is 2.74 bits per heavy atom. The monoisotopic (exact) mass is 338 g/mol. The standard InChI is InChI=1S/C18H30N2O2S/c1-18(2,3)23(4,5)22-17-11-21-16-9-15(17)20-14-7-6-12(10-19)8-13(14)16/h6-8,15-17,20H,9-11,19H2,1-5H3/t15-,16-,17?/m1/s1. The third kappa shape index (κ3) is 3.25. The summed E-state index contributed by atoms with van der Waals surface area (Å²) >= 11 is 0. The predicted octanol–water partition coefficient (Wildman–Crippen LogP) is 3.56. The van der Waals surface area contributed by atoms with Crippen LogP contribution in [0.15, 0.2) is 18.2 Å². The Hall–Kier alpha value is -0.750. The molecule has 3 N–H and O–H groups in total. The minimum atomic E-state index is -1.16. The molecule has 4 nitrogen and oxygen atoms in total. The molecular formula is C18H30N2O2S. The number of hydrogen-bond acceptors (Lipinski definition) is 4. The van der Waals surface area contributed by atoms with E-state index in [1.807, 2.05) is 0 Å². The largest absolute Gasteiger partial charge is 0.379 e. The van der Waals surface area contributed by atoms with E-state index < -0.39 is 10.3 Å². The summed E-state index contributed by atoms with van der Waals surface area (Å²) in [4.78, 5) is 0. The van der Waals surface area contributed by atoms with Gasteiger partial charge in [-0.2, -0.15) is 0 Å². The molecule has 5 heteroatoms. The van der Waals surface area contributed by atoms with Crippen molar-refractivity contribution >= 4 is 16.0 Å². The lowest BCUT2D eigenvalue weighted by Gasteiger charge is -2.50. The zero-order chi connectivity index (χ0) is 16.8. The molecular weight excluding hydrogens is 308 g/mol. The van der Waals surface area contributed by atoms with Gasteiger partial charge in [0.05, 0.1) is 18.8 Å². The maximum Gasteiger partial charge on any atom is 0.113 e. The third-order valence-electron chi connectivity index (χ3n) is 5.26. The van der Waals surface area contributed by atoms with Gasteiger partial charge in [0, 0.05) is 29.0 Å². The van der Waals surface area contributed by atoms with Crippen LogP contribution in [-0.2, 0) is 15.5 Å². The van der Waals surface area contributed by atoms with Crippen molar-refractivity contribution in [3.05, 3.63) is 29.3 Å². The maximum absolute atomic E-state index is 6.56. The zero-order valence-corrected chi connectivity index (χ0v) is 15.7. The van der Waals surface area contributed by atoms with Gasteiger partial charge < -0.3 is 20.0 Å². The lowest BCUT2D eigenvalue weighted by atomic mass is 9.89. The van der Waals surface area contributed by atoms with Gasteiger partial charge in [-0.25, -0.2) is 0 Å². The number of fused-ring (bicyclic) bond motifs is 4. The van der Waals surface area contributed by atoms with E-state index in [0.717, 1.165) is 12.0 Å². The molecule has 1 fully saturated rings. The van der Waals surface area contributed by atoms with Gasteiger partial charge in [0.15, 0.2) is 0 Å². The lowest BCUT2D eigenvalue weighted by molar-refractivity contribution is -0.0541. The highest BCUT2D eigenvalue weighted by Crippen LogP contribution is 2.56. The van der Waals surface area contributed by atoms with Crippen molar-refractivity contribution in [1.82, 2.24) is 0 Å². The summed E-state index contributed by atoms with van der Waals surface area (Å²) in [5, 5.41) is 3.67. The topological polar surface area (TPSA) is 56.5 Å². The first-order valence-corrected chi connectivity index (χ1v) is 10.7. The van der Waals surface area contributed by atoms with E-state index in [1.54, 1.807) is 0 Å². The number of nitrogens with one attached hydrogen (secondary N) is 1. The molecule has 2 aliphatic rings. The molecule has 1 aromatic rings. The van der Waals surface area contributed by atoms with E-state index in [4.69, 9.17) is 14.7 Å². The van der Waals surface area contributed by atoms with Crippen LogP contribution >= 0.6 is 10.3 Å². The van der Waals surface area contributed by atoms with E-state index in [1.165, 1.54) is 11.3 Å². The van der Waals surface area contributed by atoms with Crippen LogP contribution in [-0.4, -0.2) is 36.0 Å². The molecule has 3 rings (SSSR count). The minimum absolute atomic E-state index is 0.109. The second-order valence-corrected chi connectivity index (χ2v) is 11.8. The van der Waals surface area contributed by atoms with Crippen LogP contribution < -0.4 is 11.1 Å². The smallest absolute Gasteiger partial charge is 0.113 e. The molecule has 2 heterocycles. The SMILES string of the molecule is CC(C)(C)S(C)(C)OC1CO[C@@H]2C[C@H]1Nc1ccc(CN)cc12. The summed E-state index contributed by atoms with van der Waals surface area (Å²) in [5.41, 5.74) is 9.33. The fraction of sp³-hybridized carbons (Fsp3) is 0.667. The average Bonchev–Trinajstić information content (AvgIpc) is 2.48. The molecule has 0 saturated carbocycles. The van der Waals surface area contributed by atoms with Gasteiger partial charge in [-0.3, -0.25) is 0 Å². The van der Waals surface area contributed by atoms with Crippen LogP contribution in [0, 0.1) is 0 Å². The molecule has 2 aliphatic heterocycles. The molecule has 0 spiro atoms. The Morgan fingerprint density at radius 2 is 2.09 bits per heavy atom. The number of benzene rings is 1. The Bertz CT molecular complexity index is 583. The highest BCUT2D eigenvalue weighted by Gasteiger charge is 2.41. The van der Waals surface area contributed by atoms with Crippen LogP contribution in [0.2, 0.25) is 0 Å². The molecule has 3 atom stereocenters. The molecule has 0 aromatic heterocycles. The molecule has 2 bridgehead atoms. The number of ether oxygens (including phenoxy) is 1. The highest BCUT2D eigenvalue weighted by atomic mass is 32.3. The lowest BCUT2D eigenvalue weighted by Crippen LogP contribution is -2.48. The van der Waals surface area contributed by atoms with Crippen molar-refractivity contribution < 1.29 is 8.92 Å². The van der Waals surface area contributed by atoms with Crippen LogP contribution in [0.4, 0.5) is 5.69 Å². The molecule has 0 amide bonds. The Morgan fingerprint density at radius 1 is 1.35 bits per heavy atom. The van der Waals surface area contributed by atoms with E-state index >= 15 is 0 Å². The summed E-state index contributed by atoms with van der Waals surface area (Å²) in [6, 6.07) is 6.71. The van der Waals surface area contributed by atoms with Crippen LogP contribution in [0.3, 0.4) is 0 Å². The summed E-state index contributed by atoms with van der Waals surface area (Å²) in [5.74, 6) is 0. The first-order chi connectivity index (χ1) is 10.7. The zero-order valence-electron chi connectivity index (χ0n) is 14.9. The molecule has 1 unspecified atom stereocenters. The second kappa shape index (κ2) is 5.96. The van der Waals surface area contributed by atoms with Gasteiger partial charge >= 0.3 is 0 Å². The molecule has 0 radical (unpaired) electrons. The Balaban J connectivity index is 1.79. The van der Waals surface area contributed by atoms with Crippen molar-refractivity contribution in [3.8, 4) is 0 Å². The minimum Gasteiger partial charge on any atom is -0.379 e. The van der Waals surface area contributed by atoms with Crippen LogP contribution in [0.25, 0.3) is 0 Å². The Labute approximate surface area is 141 Å². The second-order valence-electron chi connectivity index (χ2n) is 7.91. The van der Waals surface area contributed by atoms with Crippen LogP contribution in [0.5, 0.6) is 0 Å². The number of rotatable bonds is 3. The Kier molecular flexibility index (Phi) is 4.42. The van der Waals surface area contributed by atoms with E-state index in [2.05, 4.69) is 56.8 Å². The molecule has 1 aromatic carbocycles. The number of hydrogen-bond donors (Lipinski definition) is 2. The van der Waals surface area contributed by atoms with Gasteiger partial charge in [0.25, 0.3) is 0 Å². The quantitative estimate of drug-likeness (QED) is 0.885. The fourth-order valence-corrected chi connectivity index (χ4v) is 4.13. The summed E-state index contributed by atoms with van der Waals surface area (Å²) in [6.45, 7) is 7.99. The van der Waals surface area contributed by atoms with Gasteiger partial charge in [-0.15, -0.1) is 10.3 Å². The van der Waals surface area contributed by atoms with Gasteiger partial charge in [-0.1, -0.05) is 26.8 Å². The molecule has 23 heavy (non-hydrogen) atoms. The summed E-state index contributed by atoms with van der Waals surface area (Å²) in [7, 11) is -1.16. The van der Waals surface area contributed by atoms with E-state index in [9.17, 15) is 0 Å². The fourth-order valence-electron chi connectivity index (χ4n) is 3.03. The first kappa shape index (κ1) is 17.1. The molecule has 130 valence electrons. The number of nitrogens with two attached hydrogens (primary N) is 1. The predicted molar refractivity (Wildman–Crippen MR) is 99.1 cm³/mol. The average molecular weight is 339 g/mol. The van der Waals surface area contributed by atoms with Crippen molar-refractivity contribution in [1.29, 1.82) is 0 Å². The first-order valence-electron chi connectivity index (χ1n) is 8.33. The van der Waals surface area contributed by atoms with Crippen molar-refractivity contribution in [3.63, 3.8) is 0 Å². The normalized spacial score (nSPS) is 28.0. The van der Waals surface area contributed by atoms with Crippen molar-refractivity contribution in [2.24, 2.45) is 5.73 Å². The van der Waals surface area contributed by atoms with Gasteiger partial charge in [0.1, 0.15) is 6.10 Å². The van der Waals surface area contributed by atoms with Gasteiger partial charge in [0.2, 0.25) is 0 Å². The third-order valence-corrected chi connectivity index (χ3v) is 8.93. The van der Waals surface area contributed by atoms with E-state index in [0.29, 0.717) is 19.2 Å².